The molecule has 21 heavy (non-hydrogen) atoms. The largest absolute Gasteiger partial charge is 0.748 e. The van der Waals surface area contributed by atoms with E-state index in [0.29, 0.717) is 12.8 Å². The van der Waals surface area contributed by atoms with E-state index in [2.05, 4.69) is 16.5 Å². The van der Waals surface area contributed by atoms with Crippen LogP contribution in [0.3, 0.4) is 0 Å². The van der Waals surface area contributed by atoms with Crippen molar-refractivity contribution >= 4 is 10.1 Å². The lowest BCUT2D eigenvalue weighted by Crippen LogP contribution is -2.27. The van der Waals surface area contributed by atoms with E-state index in [-0.39, 0.29) is 5.75 Å². The van der Waals surface area contributed by atoms with Gasteiger partial charge < -0.3 is 4.55 Å². The van der Waals surface area contributed by atoms with Crippen LogP contribution in [-0.2, 0) is 30.3 Å². The van der Waals surface area contributed by atoms with Crippen molar-refractivity contribution in [2.45, 2.75) is 32.9 Å². The number of hydrogen-bond donors (Lipinski definition) is 1. The lowest BCUT2D eigenvalue weighted by Gasteiger charge is -2.04. The van der Waals surface area contributed by atoms with Crippen LogP contribution in [0.2, 0.25) is 0 Å². The predicted octanol–water partition coefficient (Wildman–Crippen LogP) is -0.0399. The van der Waals surface area contributed by atoms with Gasteiger partial charge in [0.05, 0.1) is 30.3 Å². The van der Waals surface area contributed by atoms with Crippen LogP contribution in [-0.4, -0.2) is 28.3 Å². The van der Waals surface area contributed by atoms with Gasteiger partial charge in [0.15, 0.2) is 0 Å². The molecule has 2 heterocycles. The van der Waals surface area contributed by atoms with E-state index in [1.54, 1.807) is 0 Å². The van der Waals surface area contributed by atoms with Crippen molar-refractivity contribution in [3.63, 3.8) is 0 Å². The first-order valence-electron chi connectivity index (χ1n) is 6.87. The van der Waals surface area contributed by atoms with Gasteiger partial charge in [-0.05, 0) is 19.8 Å². The maximum atomic E-state index is 10.3. The molecular formula is C13H23N4O3S+. The number of hydrogen-bond acceptors (Lipinski definition) is 3. The molecule has 2 aromatic rings. The number of aryl methyl sites for hydroxylation is 3. The third kappa shape index (κ3) is 8.26. The smallest absolute Gasteiger partial charge is 0.243 e. The van der Waals surface area contributed by atoms with Crippen LogP contribution < -0.4 is 9.13 Å². The molecule has 0 radical (unpaired) electrons. The quantitative estimate of drug-likeness (QED) is 0.461. The minimum atomic E-state index is -4.04. The van der Waals surface area contributed by atoms with Crippen LogP contribution in [0.1, 0.15) is 19.8 Å². The van der Waals surface area contributed by atoms with Gasteiger partial charge in [-0.1, -0.05) is 0 Å². The average Bonchev–Trinajstić information content (AvgIpc) is 3.05. The van der Waals surface area contributed by atoms with E-state index in [1.807, 2.05) is 53.6 Å². The van der Waals surface area contributed by atoms with Crippen molar-refractivity contribution in [1.29, 1.82) is 0 Å². The molecular weight excluding hydrogens is 292 g/mol. The van der Waals surface area contributed by atoms with Crippen LogP contribution in [0.5, 0.6) is 0 Å². The molecule has 0 atom stereocenters. The summed E-state index contributed by atoms with van der Waals surface area (Å²) in [5.74, 6) is -0.263. The summed E-state index contributed by atoms with van der Waals surface area (Å²) in [7, 11) is -2.12. The number of unbranched alkanes of at least 4 members (excludes halogenated alkanes) is 1. The van der Waals surface area contributed by atoms with Gasteiger partial charge in [0.25, 0.3) is 0 Å². The zero-order valence-electron chi connectivity index (χ0n) is 12.5. The number of nitrogens with zero attached hydrogens (tertiary/aromatic N) is 3. The molecule has 0 saturated carbocycles. The molecule has 0 amide bonds. The summed E-state index contributed by atoms with van der Waals surface area (Å²) in [5.41, 5.74) is 0. The van der Waals surface area contributed by atoms with Crippen molar-refractivity contribution in [3.8, 4) is 0 Å². The summed E-state index contributed by atoms with van der Waals surface area (Å²) < 4.78 is 36.8. The third-order valence-corrected chi connectivity index (χ3v) is 3.64. The van der Waals surface area contributed by atoms with Gasteiger partial charge >= 0.3 is 0 Å². The highest BCUT2D eigenvalue weighted by molar-refractivity contribution is 7.85. The zero-order chi connectivity index (χ0) is 15.7. The van der Waals surface area contributed by atoms with E-state index >= 15 is 0 Å². The lowest BCUT2D eigenvalue weighted by atomic mass is 10.3. The minimum Gasteiger partial charge on any atom is -0.748 e. The molecule has 0 aliphatic carbocycles. The van der Waals surface area contributed by atoms with Gasteiger partial charge in [0, 0.05) is 5.75 Å². The maximum absolute atomic E-state index is 10.3. The Labute approximate surface area is 125 Å². The van der Waals surface area contributed by atoms with Crippen molar-refractivity contribution in [2.75, 3.05) is 5.75 Å². The molecule has 0 spiro atoms. The van der Waals surface area contributed by atoms with Crippen LogP contribution in [0.4, 0.5) is 0 Å². The van der Waals surface area contributed by atoms with E-state index < -0.39 is 10.1 Å². The number of imidazole rings is 2. The summed E-state index contributed by atoms with van der Waals surface area (Å²) in [4.78, 5) is 2.94. The second-order valence-electron chi connectivity index (χ2n) is 4.73. The Morgan fingerprint density at radius 3 is 2.48 bits per heavy atom. The topological polar surface area (TPSA) is 85.7 Å². The molecule has 7 nitrogen and oxygen atoms in total. The molecule has 0 unspecified atom stereocenters. The SMILES string of the molecule is CC[n+]1cc[nH]c1.C[n+]1ccn(CCCCS(=O)(=O)[O-])c1. The fraction of sp³-hybridized carbons (Fsp3) is 0.538. The Kier molecular flexibility index (Phi) is 7.10. The molecule has 0 aliphatic rings. The lowest BCUT2D eigenvalue weighted by molar-refractivity contribution is -0.692. The van der Waals surface area contributed by atoms with Gasteiger partial charge in [-0.3, -0.25) is 4.98 Å². The normalized spacial score (nSPS) is 11.0. The predicted molar refractivity (Wildman–Crippen MR) is 76.1 cm³/mol. The number of aromatic nitrogens is 4. The minimum absolute atomic E-state index is 0.263. The van der Waals surface area contributed by atoms with Crippen molar-refractivity contribution in [1.82, 2.24) is 9.55 Å². The maximum Gasteiger partial charge on any atom is 0.243 e. The molecule has 0 fully saturated rings. The molecule has 118 valence electrons. The number of aromatic amines is 1. The molecule has 0 aromatic carbocycles. The van der Waals surface area contributed by atoms with Gasteiger partial charge in [0.1, 0.15) is 24.8 Å². The summed E-state index contributed by atoms with van der Waals surface area (Å²) in [6.07, 6.45) is 12.7. The molecule has 0 saturated heterocycles. The second-order valence-corrected chi connectivity index (χ2v) is 6.25. The van der Waals surface area contributed by atoms with Crippen molar-refractivity contribution in [2.24, 2.45) is 7.05 Å². The standard InChI is InChI=1S/C8H14N2O3S.C5H8N2/c1-9-5-6-10(8-9)4-2-3-7-14(11,12)13;1-2-7-4-3-6-5-7/h5-6,8H,2-4,7H2,1H3;3-5H,2H2,1H3/p+1. The van der Waals surface area contributed by atoms with Gasteiger partial charge in [-0.15, -0.1) is 0 Å². The molecule has 0 bridgehead atoms. The fourth-order valence-electron chi connectivity index (χ4n) is 1.72. The third-order valence-electron chi connectivity index (χ3n) is 2.85. The zero-order valence-corrected chi connectivity index (χ0v) is 13.3. The number of nitrogens with one attached hydrogen (secondary N) is 1. The van der Waals surface area contributed by atoms with Crippen LogP contribution in [0.15, 0.2) is 37.4 Å². The van der Waals surface area contributed by atoms with E-state index in [0.717, 1.165) is 13.1 Å². The molecule has 2 rings (SSSR count). The first kappa shape index (κ1) is 17.4. The Balaban J connectivity index is 0.000000262. The van der Waals surface area contributed by atoms with E-state index in [9.17, 15) is 13.0 Å². The highest BCUT2D eigenvalue weighted by Crippen LogP contribution is 1.97. The molecule has 2 aromatic heterocycles. The number of H-pyrrole nitrogens is 1. The molecule has 8 heteroatoms. The second kappa shape index (κ2) is 8.58. The summed E-state index contributed by atoms with van der Waals surface area (Å²) in [6.45, 7) is 3.90. The summed E-state index contributed by atoms with van der Waals surface area (Å²) >= 11 is 0. The fourth-order valence-corrected chi connectivity index (χ4v) is 2.28. The van der Waals surface area contributed by atoms with Crippen LogP contribution >= 0.6 is 0 Å². The van der Waals surface area contributed by atoms with Crippen molar-refractivity contribution < 1.29 is 22.1 Å². The van der Waals surface area contributed by atoms with E-state index in [1.165, 1.54) is 0 Å². The summed E-state index contributed by atoms with van der Waals surface area (Å²) in [5, 5.41) is 0. The first-order valence-corrected chi connectivity index (χ1v) is 8.45. The Hall–Kier alpha value is -1.67. The van der Waals surface area contributed by atoms with Crippen LogP contribution in [0, 0.1) is 0 Å². The molecule has 0 aliphatic heterocycles. The molecule has 1 N–H and O–H groups in total. The Morgan fingerprint density at radius 1 is 1.29 bits per heavy atom. The van der Waals surface area contributed by atoms with E-state index in [4.69, 9.17) is 0 Å². The summed E-state index contributed by atoms with van der Waals surface area (Å²) in [6, 6.07) is 0. The Morgan fingerprint density at radius 2 is 2.05 bits per heavy atom. The highest BCUT2D eigenvalue weighted by atomic mass is 32.2. The number of rotatable bonds is 6. The van der Waals surface area contributed by atoms with Gasteiger partial charge in [-0.25, -0.2) is 22.1 Å². The van der Waals surface area contributed by atoms with Gasteiger partial charge in [0.2, 0.25) is 12.7 Å². The van der Waals surface area contributed by atoms with Crippen molar-refractivity contribution in [3.05, 3.63) is 37.4 Å². The monoisotopic (exact) mass is 315 g/mol. The average molecular weight is 315 g/mol. The van der Waals surface area contributed by atoms with Crippen LogP contribution in [0.25, 0.3) is 0 Å². The van der Waals surface area contributed by atoms with Gasteiger partial charge in [-0.2, -0.15) is 0 Å². The first-order chi connectivity index (χ1) is 9.90. The Bertz CT molecular complexity index is 605. The highest BCUT2D eigenvalue weighted by Gasteiger charge is 2.00.